The lowest BCUT2D eigenvalue weighted by Gasteiger charge is -2.31. The van der Waals surface area contributed by atoms with Crippen LogP contribution in [-0.2, 0) is 22.3 Å². The molecule has 3 rings (SSSR count). The van der Waals surface area contributed by atoms with Gasteiger partial charge in [0.2, 0.25) is 10.0 Å². The molecule has 0 unspecified atom stereocenters. The average molecular weight is 362 g/mol. The lowest BCUT2D eigenvalue weighted by molar-refractivity contribution is 0.250. The van der Waals surface area contributed by atoms with Crippen molar-refractivity contribution in [3.8, 4) is 0 Å². The molecule has 1 aromatic heterocycles. The first-order valence-electron chi connectivity index (χ1n) is 8.98. The van der Waals surface area contributed by atoms with Crippen LogP contribution in [0.5, 0.6) is 0 Å². The summed E-state index contributed by atoms with van der Waals surface area (Å²) in [4.78, 5) is 4.44. The number of rotatable bonds is 6. The fraction of sp³-hybridized carbons (Fsp3) is 0.526. The number of hydrogen-bond acceptors (Lipinski definition) is 3. The van der Waals surface area contributed by atoms with E-state index in [0.29, 0.717) is 24.9 Å². The molecule has 136 valence electrons. The normalized spacial score (nSPS) is 17.2. The van der Waals surface area contributed by atoms with E-state index in [0.717, 1.165) is 30.8 Å². The van der Waals surface area contributed by atoms with Gasteiger partial charge in [0.25, 0.3) is 0 Å². The minimum absolute atomic E-state index is 0.0948. The van der Waals surface area contributed by atoms with E-state index < -0.39 is 10.0 Å². The van der Waals surface area contributed by atoms with Crippen LogP contribution in [0.3, 0.4) is 0 Å². The molecule has 2 aromatic rings. The quantitative estimate of drug-likeness (QED) is 0.794. The largest absolute Gasteiger partial charge is 0.334 e. The lowest BCUT2D eigenvalue weighted by atomic mass is 9.98. The molecule has 0 N–H and O–H groups in total. The van der Waals surface area contributed by atoms with Crippen molar-refractivity contribution in [2.45, 2.75) is 44.9 Å². The molecule has 6 heteroatoms. The average Bonchev–Trinajstić information content (AvgIpc) is 3.04. The second-order valence-corrected chi connectivity index (χ2v) is 9.15. The Labute approximate surface area is 150 Å². The maximum atomic E-state index is 12.6. The highest BCUT2D eigenvalue weighted by molar-refractivity contribution is 7.88. The van der Waals surface area contributed by atoms with E-state index in [2.05, 4.69) is 23.4 Å². The zero-order valence-electron chi connectivity index (χ0n) is 15.0. The van der Waals surface area contributed by atoms with Crippen LogP contribution in [0, 0.1) is 5.92 Å². The molecule has 0 spiro atoms. The van der Waals surface area contributed by atoms with Gasteiger partial charge in [-0.15, -0.1) is 0 Å². The summed E-state index contributed by atoms with van der Waals surface area (Å²) in [6.07, 6.45) is 5.70. The van der Waals surface area contributed by atoms with Gasteiger partial charge in [-0.3, -0.25) is 0 Å². The number of sulfonamides is 1. The van der Waals surface area contributed by atoms with E-state index in [9.17, 15) is 8.42 Å². The van der Waals surface area contributed by atoms with Crippen LogP contribution in [0.2, 0.25) is 0 Å². The first-order valence-corrected chi connectivity index (χ1v) is 10.6. The minimum Gasteiger partial charge on any atom is -0.334 e. The third kappa shape index (κ3) is 4.50. The monoisotopic (exact) mass is 361 g/mol. The van der Waals surface area contributed by atoms with Crippen LogP contribution in [-0.4, -0.2) is 35.4 Å². The van der Waals surface area contributed by atoms with Gasteiger partial charge in [0.15, 0.2) is 0 Å². The molecule has 0 atom stereocenters. The Morgan fingerprint density at radius 3 is 2.48 bits per heavy atom. The van der Waals surface area contributed by atoms with Crippen molar-refractivity contribution in [3.05, 3.63) is 54.1 Å². The summed E-state index contributed by atoms with van der Waals surface area (Å²) in [7, 11) is -3.23. The maximum Gasteiger partial charge on any atom is 0.218 e. The van der Waals surface area contributed by atoms with Crippen LogP contribution in [0.4, 0.5) is 0 Å². The molecule has 0 saturated carbocycles. The summed E-state index contributed by atoms with van der Waals surface area (Å²) in [6.45, 7) is 6.46. The molecular weight excluding hydrogens is 334 g/mol. The summed E-state index contributed by atoms with van der Waals surface area (Å²) in [5.41, 5.74) is 0.851. The highest BCUT2D eigenvalue weighted by Crippen LogP contribution is 2.24. The summed E-state index contributed by atoms with van der Waals surface area (Å²) < 4.78 is 29.2. The number of piperidine rings is 1. The molecule has 0 aliphatic carbocycles. The molecular formula is C19H27N3O2S. The Kier molecular flexibility index (Phi) is 5.59. The Morgan fingerprint density at radius 1 is 1.16 bits per heavy atom. The number of benzene rings is 1. The van der Waals surface area contributed by atoms with E-state index in [1.165, 1.54) is 0 Å². The smallest absolute Gasteiger partial charge is 0.218 e. The van der Waals surface area contributed by atoms with Crippen molar-refractivity contribution in [3.63, 3.8) is 0 Å². The Hall–Kier alpha value is -1.66. The van der Waals surface area contributed by atoms with Gasteiger partial charge in [-0.05, 0) is 24.3 Å². The first-order chi connectivity index (χ1) is 12.0. The van der Waals surface area contributed by atoms with Crippen LogP contribution in [0.1, 0.15) is 44.0 Å². The molecule has 1 fully saturated rings. The van der Waals surface area contributed by atoms with Crippen LogP contribution in [0.15, 0.2) is 42.7 Å². The molecule has 0 radical (unpaired) electrons. The number of imidazole rings is 1. The third-order valence-corrected chi connectivity index (χ3v) is 6.73. The summed E-state index contributed by atoms with van der Waals surface area (Å²) in [5.74, 6) is 2.12. The second kappa shape index (κ2) is 7.70. The zero-order chi connectivity index (χ0) is 17.9. The Morgan fingerprint density at radius 2 is 1.84 bits per heavy atom. The van der Waals surface area contributed by atoms with Gasteiger partial charge in [-0.25, -0.2) is 17.7 Å². The predicted octanol–water partition coefficient (Wildman–Crippen LogP) is 3.25. The van der Waals surface area contributed by atoms with E-state index in [1.807, 2.05) is 42.7 Å². The van der Waals surface area contributed by atoms with Crippen LogP contribution >= 0.6 is 0 Å². The maximum absolute atomic E-state index is 12.6. The molecule has 1 aliphatic rings. The molecule has 0 bridgehead atoms. The molecule has 1 saturated heterocycles. The Balaban J connectivity index is 1.57. The van der Waals surface area contributed by atoms with Gasteiger partial charge < -0.3 is 4.57 Å². The highest BCUT2D eigenvalue weighted by atomic mass is 32.2. The molecule has 1 aromatic carbocycles. The molecule has 2 heterocycles. The van der Waals surface area contributed by atoms with Crippen molar-refractivity contribution >= 4 is 10.0 Å². The van der Waals surface area contributed by atoms with E-state index in [-0.39, 0.29) is 5.75 Å². The fourth-order valence-electron chi connectivity index (χ4n) is 3.50. The minimum atomic E-state index is -3.23. The van der Waals surface area contributed by atoms with Crippen molar-refractivity contribution in [1.29, 1.82) is 0 Å². The standard InChI is InChI=1S/C19H27N3O2S/c1-16(2)19-20-10-13-21(19)14-17-8-11-22(12-9-17)25(23,24)15-18-6-4-3-5-7-18/h3-7,10,13,16-17H,8-9,11-12,14-15H2,1-2H3. The van der Waals surface area contributed by atoms with Crippen molar-refractivity contribution in [1.82, 2.24) is 13.9 Å². The number of aromatic nitrogens is 2. The van der Waals surface area contributed by atoms with Crippen LogP contribution in [0.25, 0.3) is 0 Å². The third-order valence-electron chi connectivity index (χ3n) is 4.88. The van der Waals surface area contributed by atoms with Crippen LogP contribution < -0.4 is 0 Å². The number of hydrogen-bond donors (Lipinski definition) is 0. The topological polar surface area (TPSA) is 55.2 Å². The van der Waals surface area contributed by atoms with Gasteiger partial charge in [-0.2, -0.15) is 0 Å². The van der Waals surface area contributed by atoms with Gasteiger partial charge in [0.05, 0.1) is 5.75 Å². The molecule has 0 amide bonds. The fourth-order valence-corrected chi connectivity index (χ4v) is 5.06. The summed E-state index contributed by atoms with van der Waals surface area (Å²) in [6, 6.07) is 9.42. The molecule has 1 aliphatic heterocycles. The van der Waals surface area contributed by atoms with Gasteiger partial charge in [0.1, 0.15) is 5.82 Å². The Bertz CT molecular complexity index is 776. The summed E-state index contributed by atoms with van der Waals surface area (Å²) >= 11 is 0. The zero-order valence-corrected chi connectivity index (χ0v) is 15.8. The second-order valence-electron chi connectivity index (χ2n) is 7.18. The van der Waals surface area contributed by atoms with Crippen molar-refractivity contribution in [2.24, 2.45) is 5.92 Å². The van der Waals surface area contributed by atoms with E-state index in [1.54, 1.807) is 4.31 Å². The first kappa shape index (κ1) is 18.1. The lowest BCUT2D eigenvalue weighted by Crippen LogP contribution is -2.40. The van der Waals surface area contributed by atoms with Gasteiger partial charge >= 0.3 is 0 Å². The molecule has 5 nitrogen and oxygen atoms in total. The number of nitrogens with zero attached hydrogens (tertiary/aromatic N) is 3. The van der Waals surface area contributed by atoms with Gasteiger partial charge in [0, 0.05) is 37.9 Å². The van der Waals surface area contributed by atoms with E-state index in [4.69, 9.17) is 0 Å². The van der Waals surface area contributed by atoms with Crippen molar-refractivity contribution < 1.29 is 8.42 Å². The van der Waals surface area contributed by atoms with E-state index >= 15 is 0 Å². The highest BCUT2D eigenvalue weighted by Gasteiger charge is 2.28. The SMILES string of the molecule is CC(C)c1nccn1CC1CCN(S(=O)(=O)Cc2ccccc2)CC1. The van der Waals surface area contributed by atoms with Gasteiger partial charge in [-0.1, -0.05) is 44.2 Å². The molecule has 25 heavy (non-hydrogen) atoms. The predicted molar refractivity (Wildman–Crippen MR) is 99.7 cm³/mol. The summed E-state index contributed by atoms with van der Waals surface area (Å²) in [5, 5.41) is 0. The van der Waals surface area contributed by atoms with Crippen molar-refractivity contribution in [2.75, 3.05) is 13.1 Å².